The molecule has 0 fully saturated rings. The zero-order valence-electron chi connectivity index (χ0n) is 10.6. The van der Waals surface area contributed by atoms with Crippen molar-refractivity contribution in [2.24, 2.45) is 0 Å². The summed E-state index contributed by atoms with van der Waals surface area (Å²) in [4.78, 5) is 20.6. The number of rotatable bonds is 5. The first-order valence-electron chi connectivity index (χ1n) is 5.26. The molecule has 0 aliphatic carbocycles. The third-order valence-corrected chi connectivity index (χ3v) is 1.62. The maximum Gasteiger partial charge on any atom is 0.243 e. The normalized spacial score (nSPS) is 8.81. The fourth-order valence-electron chi connectivity index (χ4n) is 0.701. The Hall–Kier alpha value is -1.36. The fraction of sp³-hybridized carbons (Fsp3) is 0.636. The van der Waals surface area contributed by atoms with Gasteiger partial charge in [-0.25, -0.2) is 0 Å². The van der Waals surface area contributed by atoms with E-state index >= 15 is 0 Å². The zero-order chi connectivity index (χ0) is 13.0. The highest BCUT2D eigenvalue weighted by Gasteiger charge is 1.96. The minimum absolute atomic E-state index is 0.0909. The highest BCUT2D eigenvalue weighted by Crippen LogP contribution is 1.79. The minimum atomic E-state index is -0.144. The second-order valence-electron chi connectivity index (χ2n) is 3.35. The van der Waals surface area contributed by atoms with E-state index in [1.807, 2.05) is 0 Å². The summed E-state index contributed by atoms with van der Waals surface area (Å²) in [6, 6.07) is 0.463. The van der Waals surface area contributed by atoms with Gasteiger partial charge in [-0.1, -0.05) is 20.4 Å². The number of amides is 2. The maximum atomic E-state index is 10.6. The molecule has 5 nitrogen and oxygen atoms in total. The molecule has 0 heterocycles. The predicted octanol–water partition coefficient (Wildman–Crippen LogP) is 0.0389. The van der Waals surface area contributed by atoms with Crippen LogP contribution in [0.3, 0.4) is 0 Å². The van der Waals surface area contributed by atoms with Crippen molar-refractivity contribution >= 4 is 11.8 Å². The molecule has 0 radical (unpaired) electrons. The first-order chi connectivity index (χ1) is 7.47. The lowest BCUT2D eigenvalue weighted by Gasteiger charge is -2.05. The SMILES string of the molecule is C=CC(=O)NC.CNC(=O)CCNC(C)C. The van der Waals surface area contributed by atoms with Crippen molar-refractivity contribution in [1.29, 1.82) is 0 Å². The Kier molecular flexibility index (Phi) is 12.5. The molecule has 0 unspecified atom stereocenters. The summed E-state index contributed by atoms with van der Waals surface area (Å²) in [6.07, 6.45) is 1.79. The summed E-state index contributed by atoms with van der Waals surface area (Å²) >= 11 is 0. The van der Waals surface area contributed by atoms with Crippen LogP contribution in [0.5, 0.6) is 0 Å². The summed E-state index contributed by atoms with van der Waals surface area (Å²) in [5.41, 5.74) is 0. The van der Waals surface area contributed by atoms with Gasteiger partial charge >= 0.3 is 0 Å². The van der Waals surface area contributed by atoms with E-state index in [-0.39, 0.29) is 11.8 Å². The van der Waals surface area contributed by atoms with Gasteiger partial charge in [-0.3, -0.25) is 9.59 Å². The number of likely N-dealkylation sites (N-methyl/N-ethyl adjacent to an activating group) is 1. The molecule has 16 heavy (non-hydrogen) atoms. The Labute approximate surface area is 97.7 Å². The summed E-state index contributed by atoms with van der Waals surface area (Å²) < 4.78 is 0. The molecule has 0 aromatic heterocycles. The van der Waals surface area contributed by atoms with Crippen molar-refractivity contribution in [3.8, 4) is 0 Å². The molecular formula is C11H23N3O2. The van der Waals surface area contributed by atoms with Crippen molar-refractivity contribution < 1.29 is 9.59 Å². The van der Waals surface area contributed by atoms with E-state index in [4.69, 9.17) is 0 Å². The molecule has 0 saturated heterocycles. The van der Waals surface area contributed by atoms with Crippen LogP contribution in [0.4, 0.5) is 0 Å². The monoisotopic (exact) mass is 229 g/mol. The van der Waals surface area contributed by atoms with Crippen LogP contribution in [0.15, 0.2) is 12.7 Å². The molecule has 0 aliphatic heterocycles. The van der Waals surface area contributed by atoms with Crippen molar-refractivity contribution in [2.45, 2.75) is 26.3 Å². The highest BCUT2D eigenvalue weighted by atomic mass is 16.2. The van der Waals surface area contributed by atoms with Gasteiger partial charge in [0.25, 0.3) is 0 Å². The van der Waals surface area contributed by atoms with Crippen molar-refractivity contribution in [2.75, 3.05) is 20.6 Å². The summed E-state index contributed by atoms with van der Waals surface area (Å²) in [5.74, 6) is -0.0526. The lowest BCUT2D eigenvalue weighted by molar-refractivity contribution is -0.120. The molecule has 0 saturated carbocycles. The molecular weight excluding hydrogens is 206 g/mol. The maximum absolute atomic E-state index is 10.6. The number of nitrogens with one attached hydrogen (secondary N) is 3. The molecule has 2 amide bonds. The Bertz CT molecular complexity index is 215. The summed E-state index contributed by atoms with van der Waals surface area (Å²) in [5, 5.41) is 8.07. The lowest BCUT2D eigenvalue weighted by atomic mass is 10.3. The quantitative estimate of drug-likeness (QED) is 0.583. The third-order valence-electron chi connectivity index (χ3n) is 1.62. The highest BCUT2D eigenvalue weighted by molar-refractivity contribution is 5.86. The molecule has 0 spiro atoms. The second kappa shape index (κ2) is 11.7. The Morgan fingerprint density at radius 3 is 2.06 bits per heavy atom. The Morgan fingerprint density at radius 2 is 1.81 bits per heavy atom. The van der Waals surface area contributed by atoms with Crippen LogP contribution in [0, 0.1) is 0 Å². The number of hydrogen-bond donors (Lipinski definition) is 3. The van der Waals surface area contributed by atoms with Crippen LogP contribution in [-0.4, -0.2) is 38.5 Å². The topological polar surface area (TPSA) is 70.2 Å². The number of carbonyl (C=O) groups excluding carboxylic acids is 2. The van der Waals surface area contributed by atoms with Crippen molar-refractivity contribution in [3.63, 3.8) is 0 Å². The predicted molar refractivity (Wildman–Crippen MR) is 66.1 cm³/mol. The minimum Gasteiger partial charge on any atom is -0.359 e. The fourth-order valence-corrected chi connectivity index (χ4v) is 0.701. The van der Waals surface area contributed by atoms with Gasteiger partial charge in [0.05, 0.1) is 0 Å². The zero-order valence-corrected chi connectivity index (χ0v) is 10.6. The van der Waals surface area contributed by atoms with Crippen LogP contribution in [0.25, 0.3) is 0 Å². The molecule has 0 aliphatic rings. The molecule has 94 valence electrons. The van der Waals surface area contributed by atoms with Gasteiger partial charge in [-0.05, 0) is 6.08 Å². The first-order valence-corrected chi connectivity index (χ1v) is 5.26. The van der Waals surface area contributed by atoms with E-state index in [9.17, 15) is 9.59 Å². The van der Waals surface area contributed by atoms with E-state index < -0.39 is 0 Å². The van der Waals surface area contributed by atoms with E-state index in [0.29, 0.717) is 12.5 Å². The van der Waals surface area contributed by atoms with Gasteiger partial charge in [0.1, 0.15) is 0 Å². The van der Waals surface area contributed by atoms with Crippen molar-refractivity contribution in [3.05, 3.63) is 12.7 Å². The molecule has 0 aromatic carbocycles. The van der Waals surface area contributed by atoms with Crippen LogP contribution >= 0.6 is 0 Å². The van der Waals surface area contributed by atoms with Gasteiger partial charge in [-0.15, -0.1) is 0 Å². The van der Waals surface area contributed by atoms with Gasteiger partial charge < -0.3 is 16.0 Å². The standard InChI is InChI=1S/C7H16N2O.C4H7NO/c1-6(2)9-5-4-7(10)8-3;1-3-4(6)5-2/h6,9H,4-5H2,1-3H3,(H,8,10);3H,1H2,2H3,(H,5,6). The lowest BCUT2D eigenvalue weighted by Crippen LogP contribution is -2.28. The van der Waals surface area contributed by atoms with Gasteiger partial charge in [0.2, 0.25) is 11.8 Å². The van der Waals surface area contributed by atoms with Gasteiger partial charge in [-0.2, -0.15) is 0 Å². The number of carbonyl (C=O) groups is 2. The Balaban J connectivity index is 0. The van der Waals surface area contributed by atoms with Crippen LogP contribution in [0.1, 0.15) is 20.3 Å². The van der Waals surface area contributed by atoms with E-state index in [0.717, 1.165) is 6.54 Å². The smallest absolute Gasteiger partial charge is 0.243 e. The molecule has 0 rings (SSSR count). The van der Waals surface area contributed by atoms with Gasteiger partial charge in [0, 0.05) is 33.1 Å². The summed E-state index contributed by atoms with van der Waals surface area (Å²) in [6.45, 7) is 8.10. The molecule has 0 bridgehead atoms. The van der Waals surface area contributed by atoms with Gasteiger partial charge in [0.15, 0.2) is 0 Å². The molecule has 3 N–H and O–H groups in total. The molecule has 5 heteroatoms. The average Bonchev–Trinajstić information content (AvgIpc) is 2.28. The largest absolute Gasteiger partial charge is 0.359 e. The van der Waals surface area contributed by atoms with E-state index in [1.165, 1.54) is 6.08 Å². The second-order valence-corrected chi connectivity index (χ2v) is 3.35. The van der Waals surface area contributed by atoms with Crippen molar-refractivity contribution in [1.82, 2.24) is 16.0 Å². The average molecular weight is 229 g/mol. The number of hydrogen-bond acceptors (Lipinski definition) is 3. The molecule has 0 aromatic rings. The van der Waals surface area contributed by atoms with Crippen LogP contribution < -0.4 is 16.0 Å². The van der Waals surface area contributed by atoms with Crippen LogP contribution in [0.2, 0.25) is 0 Å². The molecule has 0 atom stereocenters. The third kappa shape index (κ3) is 15.1. The van der Waals surface area contributed by atoms with Crippen LogP contribution in [-0.2, 0) is 9.59 Å². The van der Waals surface area contributed by atoms with E-state index in [2.05, 4.69) is 36.4 Å². The Morgan fingerprint density at radius 1 is 1.25 bits per heavy atom. The van der Waals surface area contributed by atoms with E-state index in [1.54, 1.807) is 14.1 Å². The first kappa shape index (κ1) is 17.0. The summed E-state index contributed by atoms with van der Waals surface area (Å²) in [7, 11) is 3.21.